The zero-order valence-corrected chi connectivity index (χ0v) is 25.0. The fourth-order valence-electron chi connectivity index (χ4n) is 6.26. The molecule has 2 aliphatic rings. The van der Waals surface area contributed by atoms with E-state index in [1.165, 1.54) is 10.6 Å². The summed E-state index contributed by atoms with van der Waals surface area (Å²) in [5, 5.41) is 30.9. The Bertz CT molecular complexity index is 1410. The minimum absolute atomic E-state index is 0.00800. The standard InChI is InChI=1S/C32H44N6O4/c1-4-33-19-22-9-15-37(16-10-22)31(41)24-11-13-36(14-12-24)20-23-5-7-25(8-6-23)38-30(34-35-32(38)42)27-17-26(21(2)3)28(39)18-29(27)40/h5-8,17-18,21-22,24,33,39-40H,4,9-16,19-20H2,1-3H3,(H,35,42). The highest BCUT2D eigenvalue weighted by Crippen LogP contribution is 2.37. The number of H-pyrrole nitrogens is 1. The minimum Gasteiger partial charge on any atom is -0.508 e. The van der Waals surface area contributed by atoms with Crippen LogP contribution < -0.4 is 11.0 Å². The van der Waals surface area contributed by atoms with Gasteiger partial charge in [0.15, 0.2) is 5.82 Å². The van der Waals surface area contributed by atoms with Crippen molar-refractivity contribution < 1.29 is 15.0 Å². The van der Waals surface area contributed by atoms with Crippen LogP contribution in [0.2, 0.25) is 0 Å². The van der Waals surface area contributed by atoms with Crippen molar-refractivity contribution in [3.8, 4) is 28.6 Å². The van der Waals surface area contributed by atoms with Gasteiger partial charge in [-0.05, 0) is 93.0 Å². The Morgan fingerprint density at radius 1 is 1.02 bits per heavy atom. The van der Waals surface area contributed by atoms with E-state index in [1.807, 2.05) is 38.1 Å². The number of amides is 1. The van der Waals surface area contributed by atoms with Crippen LogP contribution >= 0.6 is 0 Å². The molecule has 10 heteroatoms. The van der Waals surface area contributed by atoms with E-state index in [0.717, 1.165) is 77.1 Å². The normalized spacial score (nSPS) is 17.3. The van der Waals surface area contributed by atoms with E-state index in [9.17, 15) is 19.8 Å². The first-order chi connectivity index (χ1) is 20.2. The Balaban J connectivity index is 1.19. The first kappa shape index (κ1) is 29.8. The van der Waals surface area contributed by atoms with Gasteiger partial charge in [0.25, 0.3) is 0 Å². The molecule has 42 heavy (non-hydrogen) atoms. The number of hydrogen-bond donors (Lipinski definition) is 4. The Labute approximate surface area is 247 Å². The molecule has 10 nitrogen and oxygen atoms in total. The van der Waals surface area contributed by atoms with Crippen LogP contribution in [0.3, 0.4) is 0 Å². The molecule has 5 rings (SSSR count). The number of aromatic amines is 1. The van der Waals surface area contributed by atoms with Gasteiger partial charge in [0.2, 0.25) is 5.91 Å². The zero-order valence-electron chi connectivity index (χ0n) is 25.0. The van der Waals surface area contributed by atoms with E-state index in [2.05, 4.69) is 32.2 Å². The fraction of sp³-hybridized carbons (Fsp3) is 0.531. The highest BCUT2D eigenvalue weighted by atomic mass is 16.3. The second-order valence-corrected chi connectivity index (χ2v) is 12.1. The number of carbonyl (C=O) groups excluding carboxylic acids is 1. The molecule has 3 aromatic rings. The first-order valence-corrected chi connectivity index (χ1v) is 15.3. The van der Waals surface area contributed by atoms with Gasteiger partial charge in [-0.2, -0.15) is 5.10 Å². The molecule has 2 aromatic carbocycles. The maximum atomic E-state index is 13.2. The number of nitrogens with one attached hydrogen (secondary N) is 2. The predicted molar refractivity (Wildman–Crippen MR) is 163 cm³/mol. The third-order valence-electron chi connectivity index (χ3n) is 8.83. The van der Waals surface area contributed by atoms with Gasteiger partial charge in [-0.3, -0.25) is 9.69 Å². The average molecular weight is 577 g/mol. The summed E-state index contributed by atoms with van der Waals surface area (Å²) in [7, 11) is 0. The maximum absolute atomic E-state index is 13.2. The van der Waals surface area contributed by atoms with Crippen LogP contribution in [-0.2, 0) is 11.3 Å². The number of hydrogen-bond acceptors (Lipinski definition) is 7. The second-order valence-electron chi connectivity index (χ2n) is 12.1. The molecule has 3 heterocycles. The summed E-state index contributed by atoms with van der Waals surface area (Å²) in [6.45, 7) is 12.4. The number of carbonyl (C=O) groups is 1. The molecular formula is C32H44N6O4. The molecule has 2 fully saturated rings. The van der Waals surface area contributed by atoms with E-state index in [4.69, 9.17) is 0 Å². The molecule has 0 bridgehead atoms. The van der Waals surface area contributed by atoms with Crippen LogP contribution in [0.25, 0.3) is 17.1 Å². The van der Waals surface area contributed by atoms with E-state index in [0.29, 0.717) is 28.6 Å². The summed E-state index contributed by atoms with van der Waals surface area (Å²) in [5.74, 6) is 1.30. The van der Waals surface area contributed by atoms with Crippen molar-refractivity contribution in [2.75, 3.05) is 39.3 Å². The van der Waals surface area contributed by atoms with Gasteiger partial charge in [0.1, 0.15) is 11.5 Å². The lowest BCUT2D eigenvalue weighted by atomic mass is 9.92. The Morgan fingerprint density at radius 3 is 2.36 bits per heavy atom. The molecule has 4 N–H and O–H groups in total. The molecule has 0 unspecified atom stereocenters. The first-order valence-electron chi connectivity index (χ1n) is 15.3. The van der Waals surface area contributed by atoms with Crippen molar-refractivity contribution >= 4 is 5.91 Å². The van der Waals surface area contributed by atoms with Crippen LogP contribution in [-0.4, -0.2) is 80.0 Å². The number of rotatable bonds is 9. The number of benzene rings is 2. The highest BCUT2D eigenvalue weighted by Gasteiger charge is 2.31. The van der Waals surface area contributed by atoms with Crippen molar-refractivity contribution in [2.45, 2.75) is 58.9 Å². The summed E-state index contributed by atoms with van der Waals surface area (Å²) >= 11 is 0. The summed E-state index contributed by atoms with van der Waals surface area (Å²) in [6, 6.07) is 10.7. The third-order valence-corrected chi connectivity index (χ3v) is 8.83. The number of likely N-dealkylation sites (tertiary alicyclic amines) is 2. The van der Waals surface area contributed by atoms with Gasteiger partial charge in [0.05, 0.1) is 11.3 Å². The summed E-state index contributed by atoms with van der Waals surface area (Å²) < 4.78 is 1.43. The van der Waals surface area contributed by atoms with E-state index in [-0.39, 0.29) is 29.2 Å². The van der Waals surface area contributed by atoms with Gasteiger partial charge in [-0.25, -0.2) is 14.5 Å². The van der Waals surface area contributed by atoms with Crippen LogP contribution in [0.5, 0.6) is 11.5 Å². The van der Waals surface area contributed by atoms with Crippen LogP contribution in [0.4, 0.5) is 0 Å². The van der Waals surface area contributed by atoms with Crippen LogP contribution in [0.15, 0.2) is 41.2 Å². The van der Waals surface area contributed by atoms with E-state index >= 15 is 0 Å². The molecule has 0 radical (unpaired) electrons. The maximum Gasteiger partial charge on any atom is 0.348 e. The second kappa shape index (κ2) is 13.1. The van der Waals surface area contributed by atoms with Crippen LogP contribution in [0.1, 0.15) is 63.5 Å². The Kier molecular flexibility index (Phi) is 9.33. The molecule has 0 spiro atoms. The largest absolute Gasteiger partial charge is 0.508 e. The predicted octanol–water partition coefficient (Wildman–Crippen LogP) is 3.82. The zero-order chi connectivity index (χ0) is 29.8. The lowest BCUT2D eigenvalue weighted by Crippen LogP contribution is -2.46. The van der Waals surface area contributed by atoms with E-state index in [1.54, 1.807) is 6.07 Å². The van der Waals surface area contributed by atoms with Gasteiger partial charge >= 0.3 is 5.69 Å². The molecular weight excluding hydrogens is 532 g/mol. The molecule has 0 saturated carbocycles. The summed E-state index contributed by atoms with van der Waals surface area (Å²) in [6.07, 6.45) is 3.96. The Hall–Kier alpha value is -3.63. The van der Waals surface area contributed by atoms with Crippen molar-refractivity contribution in [1.82, 2.24) is 29.9 Å². The molecule has 226 valence electrons. The monoisotopic (exact) mass is 576 g/mol. The number of piperidine rings is 2. The smallest absolute Gasteiger partial charge is 0.348 e. The number of aromatic hydroxyl groups is 2. The molecule has 0 aliphatic carbocycles. The summed E-state index contributed by atoms with van der Waals surface area (Å²) in [5.41, 5.74) is 2.37. The number of phenols is 2. The lowest BCUT2D eigenvalue weighted by Gasteiger charge is -2.37. The topological polar surface area (TPSA) is 127 Å². The SMILES string of the molecule is CCNCC1CCN(C(=O)C2CCN(Cc3ccc(-n4c(-c5cc(C(C)C)c(O)cc5O)n[nH]c4=O)cc3)CC2)CC1. The highest BCUT2D eigenvalue weighted by molar-refractivity contribution is 5.79. The molecule has 1 amide bonds. The van der Waals surface area contributed by atoms with Crippen molar-refractivity contribution in [3.05, 3.63) is 58.0 Å². The van der Waals surface area contributed by atoms with Gasteiger partial charge in [-0.1, -0.05) is 32.9 Å². The van der Waals surface area contributed by atoms with Crippen LogP contribution in [0, 0.1) is 11.8 Å². The Morgan fingerprint density at radius 2 is 1.71 bits per heavy atom. The average Bonchev–Trinajstić information content (AvgIpc) is 3.37. The number of nitrogens with zero attached hydrogens (tertiary/aromatic N) is 4. The third kappa shape index (κ3) is 6.55. The quantitative estimate of drug-likeness (QED) is 0.305. The molecule has 1 aromatic heterocycles. The minimum atomic E-state index is -0.412. The van der Waals surface area contributed by atoms with Crippen molar-refractivity contribution in [3.63, 3.8) is 0 Å². The number of aromatic nitrogens is 3. The van der Waals surface area contributed by atoms with Gasteiger partial charge in [0, 0.05) is 31.6 Å². The van der Waals surface area contributed by atoms with Gasteiger partial charge < -0.3 is 20.4 Å². The lowest BCUT2D eigenvalue weighted by molar-refractivity contribution is -0.138. The van der Waals surface area contributed by atoms with Gasteiger partial charge in [-0.15, -0.1) is 0 Å². The van der Waals surface area contributed by atoms with Crippen molar-refractivity contribution in [1.29, 1.82) is 0 Å². The van der Waals surface area contributed by atoms with Crippen molar-refractivity contribution in [2.24, 2.45) is 11.8 Å². The molecule has 2 aliphatic heterocycles. The number of phenolic OH excluding ortho intramolecular Hbond substituents is 2. The fourth-order valence-corrected chi connectivity index (χ4v) is 6.26. The van der Waals surface area contributed by atoms with E-state index < -0.39 is 5.69 Å². The summed E-state index contributed by atoms with van der Waals surface area (Å²) in [4.78, 5) is 30.4. The molecule has 0 atom stereocenters. The molecule has 2 saturated heterocycles.